The zero-order valence-corrected chi connectivity index (χ0v) is 11.8. The molecule has 2 aromatic rings. The van der Waals surface area contributed by atoms with Gasteiger partial charge in [0.05, 0.1) is 6.54 Å². The summed E-state index contributed by atoms with van der Waals surface area (Å²) in [6, 6.07) is 10.1. The summed E-state index contributed by atoms with van der Waals surface area (Å²) in [5.74, 6) is 2.75. The first kappa shape index (κ1) is 13.7. The minimum atomic E-state index is 0.470. The van der Waals surface area contributed by atoms with Gasteiger partial charge in [0.2, 0.25) is 0 Å². The molecule has 0 unspecified atom stereocenters. The quantitative estimate of drug-likeness (QED) is 0.861. The molecule has 102 valence electrons. The number of aryl methyl sites for hydroxylation is 2. The van der Waals surface area contributed by atoms with Crippen molar-refractivity contribution in [1.82, 2.24) is 5.32 Å². The van der Waals surface area contributed by atoms with Crippen LogP contribution in [-0.2, 0) is 13.2 Å². The number of furan rings is 1. The standard InChI is InChI=1S/C16H21NO2/c1-4-17-10-14-8-9-15(19-14)11-18-16-12(2)6-5-7-13(16)3/h5-9,17H,4,10-11H2,1-3H3. The van der Waals surface area contributed by atoms with Crippen molar-refractivity contribution >= 4 is 0 Å². The van der Waals surface area contributed by atoms with Gasteiger partial charge in [0, 0.05) is 0 Å². The van der Waals surface area contributed by atoms with E-state index in [-0.39, 0.29) is 0 Å². The van der Waals surface area contributed by atoms with Crippen molar-refractivity contribution in [2.75, 3.05) is 6.54 Å². The Morgan fingerprint density at radius 2 is 1.74 bits per heavy atom. The maximum absolute atomic E-state index is 5.86. The fraction of sp³-hybridized carbons (Fsp3) is 0.375. The summed E-state index contributed by atoms with van der Waals surface area (Å²) in [7, 11) is 0. The molecule has 1 aromatic carbocycles. The number of nitrogens with one attached hydrogen (secondary N) is 1. The van der Waals surface area contributed by atoms with Crippen molar-refractivity contribution in [3.63, 3.8) is 0 Å². The molecule has 3 heteroatoms. The lowest BCUT2D eigenvalue weighted by Crippen LogP contribution is -2.10. The molecule has 0 aliphatic rings. The molecule has 0 amide bonds. The summed E-state index contributed by atoms with van der Waals surface area (Å²) in [5.41, 5.74) is 2.30. The van der Waals surface area contributed by atoms with Crippen molar-refractivity contribution in [1.29, 1.82) is 0 Å². The van der Waals surface area contributed by atoms with E-state index in [9.17, 15) is 0 Å². The van der Waals surface area contributed by atoms with Gasteiger partial charge in [-0.15, -0.1) is 0 Å². The van der Waals surface area contributed by atoms with Crippen LogP contribution < -0.4 is 10.1 Å². The van der Waals surface area contributed by atoms with Crippen LogP contribution in [0.1, 0.15) is 29.6 Å². The molecule has 2 rings (SSSR count). The summed E-state index contributed by atoms with van der Waals surface area (Å²) >= 11 is 0. The third-order valence-electron chi connectivity index (χ3n) is 3.03. The average molecular weight is 259 g/mol. The lowest BCUT2D eigenvalue weighted by atomic mass is 10.1. The minimum Gasteiger partial charge on any atom is -0.485 e. The summed E-state index contributed by atoms with van der Waals surface area (Å²) in [4.78, 5) is 0. The van der Waals surface area contributed by atoms with Gasteiger partial charge >= 0.3 is 0 Å². The van der Waals surface area contributed by atoms with Crippen molar-refractivity contribution < 1.29 is 9.15 Å². The second-order valence-corrected chi connectivity index (χ2v) is 4.66. The Labute approximate surface area is 114 Å². The van der Waals surface area contributed by atoms with Gasteiger partial charge in [-0.2, -0.15) is 0 Å². The fourth-order valence-corrected chi connectivity index (χ4v) is 2.01. The first-order chi connectivity index (χ1) is 9.20. The molecule has 0 aliphatic heterocycles. The predicted octanol–water partition coefficient (Wildman–Crippen LogP) is 3.58. The van der Waals surface area contributed by atoms with Gasteiger partial charge in [-0.05, 0) is 43.7 Å². The Bertz CT molecular complexity index is 511. The van der Waals surface area contributed by atoms with Crippen LogP contribution in [0.5, 0.6) is 5.75 Å². The van der Waals surface area contributed by atoms with Gasteiger partial charge in [-0.3, -0.25) is 0 Å². The van der Waals surface area contributed by atoms with E-state index in [0.29, 0.717) is 6.61 Å². The van der Waals surface area contributed by atoms with Crippen LogP contribution in [0.25, 0.3) is 0 Å². The molecule has 1 heterocycles. The number of para-hydroxylation sites is 1. The third-order valence-corrected chi connectivity index (χ3v) is 3.03. The lowest BCUT2D eigenvalue weighted by Gasteiger charge is -2.10. The molecule has 0 radical (unpaired) electrons. The smallest absolute Gasteiger partial charge is 0.146 e. The predicted molar refractivity (Wildman–Crippen MR) is 76.3 cm³/mol. The molecular weight excluding hydrogens is 238 g/mol. The van der Waals surface area contributed by atoms with Crippen molar-refractivity contribution in [2.24, 2.45) is 0 Å². The molecular formula is C16H21NO2. The molecule has 1 N–H and O–H groups in total. The van der Waals surface area contributed by atoms with Crippen molar-refractivity contribution in [3.8, 4) is 5.75 Å². The van der Waals surface area contributed by atoms with Crippen molar-refractivity contribution in [3.05, 3.63) is 53.0 Å². The third kappa shape index (κ3) is 3.61. The molecule has 3 nitrogen and oxygen atoms in total. The van der Waals surface area contributed by atoms with Crippen LogP contribution in [0.2, 0.25) is 0 Å². The van der Waals surface area contributed by atoms with Gasteiger partial charge in [0.1, 0.15) is 23.9 Å². The van der Waals surface area contributed by atoms with E-state index in [2.05, 4.69) is 38.2 Å². The van der Waals surface area contributed by atoms with Gasteiger partial charge in [-0.25, -0.2) is 0 Å². The fourth-order valence-electron chi connectivity index (χ4n) is 2.01. The van der Waals surface area contributed by atoms with Crippen LogP contribution in [0, 0.1) is 13.8 Å². The number of rotatable bonds is 6. The molecule has 1 aromatic heterocycles. The van der Waals surface area contributed by atoms with Crippen LogP contribution in [0.4, 0.5) is 0 Å². The van der Waals surface area contributed by atoms with E-state index in [1.54, 1.807) is 0 Å². The second kappa shape index (κ2) is 6.43. The Morgan fingerprint density at radius 1 is 1.05 bits per heavy atom. The largest absolute Gasteiger partial charge is 0.485 e. The summed E-state index contributed by atoms with van der Waals surface area (Å²) < 4.78 is 11.6. The number of benzene rings is 1. The first-order valence-electron chi connectivity index (χ1n) is 6.68. The van der Waals surface area contributed by atoms with Crippen molar-refractivity contribution in [2.45, 2.75) is 33.9 Å². The lowest BCUT2D eigenvalue weighted by molar-refractivity contribution is 0.262. The van der Waals surface area contributed by atoms with Gasteiger partial charge in [-0.1, -0.05) is 25.1 Å². The molecule has 0 bridgehead atoms. The molecule has 19 heavy (non-hydrogen) atoms. The number of hydrogen-bond acceptors (Lipinski definition) is 3. The highest BCUT2D eigenvalue weighted by Gasteiger charge is 2.06. The highest BCUT2D eigenvalue weighted by molar-refractivity contribution is 5.39. The van der Waals surface area contributed by atoms with E-state index >= 15 is 0 Å². The molecule has 0 atom stereocenters. The van der Waals surface area contributed by atoms with Gasteiger partial charge in [0.15, 0.2) is 0 Å². The maximum atomic E-state index is 5.86. The molecule has 0 aliphatic carbocycles. The van der Waals surface area contributed by atoms with E-state index < -0.39 is 0 Å². The highest BCUT2D eigenvalue weighted by Crippen LogP contribution is 2.23. The van der Waals surface area contributed by atoms with E-state index in [1.807, 2.05) is 18.2 Å². The monoisotopic (exact) mass is 259 g/mol. The van der Waals surface area contributed by atoms with Crippen LogP contribution >= 0.6 is 0 Å². The van der Waals surface area contributed by atoms with E-state index in [0.717, 1.165) is 41.5 Å². The van der Waals surface area contributed by atoms with E-state index in [1.165, 1.54) is 0 Å². The molecule has 0 spiro atoms. The van der Waals surface area contributed by atoms with Gasteiger partial charge < -0.3 is 14.5 Å². The summed E-state index contributed by atoms with van der Waals surface area (Å²) in [6.07, 6.45) is 0. The molecule has 0 saturated heterocycles. The zero-order valence-electron chi connectivity index (χ0n) is 11.8. The Morgan fingerprint density at radius 3 is 2.42 bits per heavy atom. The summed E-state index contributed by atoms with van der Waals surface area (Å²) in [5, 5.41) is 3.24. The Hall–Kier alpha value is -1.74. The molecule has 0 fully saturated rings. The normalized spacial score (nSPS) is 10.7. The number of ether oxygens (including phenoxy) is 1. The topological polar surface area (TPSA) is 34.4 Å². The average Bonchev–Trinajstić information content (AvgIpc) is 2.84. The molecule has 0 saturated carbocycles. The zero-order chi connectivity index (χ0) is 13.7. The summed E-state index contributed by atoms with van der Waals surface area (Å²) in [6.45, 7) is 8.36. The van der Waals surface area contributed by atoms with Gasteiger partial charge in [0.25, 0.3) is 0 Å². The first-order valence-corrected chi connectivity index (χ1v) is 6.68. The number of hydrogen-bond donors (Lipinski definition) is 1. The second-order valence-electron chi connectivity index (χ2n) is 4.66. The Balaban J connectivity index is 1.97. The maximum Gasteiger partial charge on any atom is 0.146 e. The minimum absolute atomic E-state index is 0.470. The highest BCUT2D eigenvalue weighted by atomic mass is 16.5. The van der Waals surface area contributed by atoms with E-state index in [4.69, 9.17) is 9.15 Å². The SMILES string of the molecule is CCNCc1ccc(COc2c(C)cccc2C)o1. The Kier molecular flexibility index (Phi) is 4.63. The van der Waals surface area contributed by atoms with Crippen LogP contribution in [-0.4, -0.2) is 6.54 Å². The van der Waals surface area contributed by atoms with Crippen LogP contribution in [0.15, 0.2) is 34.7 Å². The van der Waals surface area contributed by atoms with Crippen LogP contribution in [0.3, 0.4) is 0 Å².